The van der Waals surface area contributed by atoms with Gasteiger partial charge in [0.2, 0.25) is 5.91 Å². The Bertz CT molecular complexity index is 1180. The van der Waals surface area contributed by atoms with Crippen molar-refractivity contribution in [3.8, 4) is 0 Å². The van der Waals surface area contributed by atoms with E-state index in [1.807, 2.05) is 25.3 Å². The fourth-order valence-electron chi connectivity index (χ4n) is 4.11. The van der Waals surface area contributed by atoms with Crippen LogP contribution in [0.5, 0.6) is 0 Å². The van der Waals surface area contributed by atoms with Crippen molar-refractivity contribution in [2.24, 2.45) is 0 Å². The molecule has 0 radical (unpaired) electrons. The third-order valence-corrected chi connectivity index (χ3v) is 7.56. The number of halogens is 3. The highest BCUT2D eigenvalue weighted by atomic mass is 35.5. The predicted molar refractivity (Wildman–Crippen MR) is 131 cm³/mol. The number of hydrogen-bond donors (Lipinski definition) is 0. The molecule has 1 aliphatic heterocycles. The molecule has 172 valence electrons. The van der Waals surface area contributed by atoms with Crippen molar-refractivity contribution in [2.75, 3.05) is 13.1 Å². The van der Waals surface area contributed by atoms with E-state index in [9.17, 15) is 14.0 Å². The Morgan fingerprint density at radius 2 is 1.85 bits per heavy atom. The zero-order valence-corrected chi connectivity index (χ0v) is 20.6. The number of nitrogens with zero attached hydrogens (tertiary/aromatic N) is 2. The fraction of sp³-hybridized carbons (Fsp3) is 0.280. The van der Waals surface area contributed by atoms with Gasteiger partial charge in [-0.1, -0.05) is 35.3 Å². The SMILES string of the molecule is CC(C)N(CC(=O)N1CCc2sccc2C1c1ccc(F)cc1)C(=O)c1ccc(Cl)c(Cl)c1. The molecule has 33 heavy (non-hydrogen) atoms. The first kappa shape index (κ1) is 23.7. The van der Waals surface area contributed by atoms with Gasteiger partial charge in [0.25, 0.3) is 5.91 Å². The topological polar surface area (TPSA) is 40.6 Å². The molecule has 0 saturated carbocycles. The van der Waals surface area contributed by atoms with Crippen LogP contribution in [-0.4, -0.2) is 40.7 Å². The highest BCUT2D eigenvalue weighted by molar-refractivity contribution is 7.10. The van der Waals surface area contributed by atoms with Crippen molar-refractivity contribution in [3.63, 3.8) is 0 Å². The summed E-state index contributed by atoms with van der Waals surface area (Å²) >= 11 is 13.8. The van der Waals surface area contributed by atoms with E-state index in [2.05, 4.69) is 0 Å². The molecular weight excluding hydrogens is 482 g/mol. The second kappa shape index (κ2) is 9.84. The molecule has 2 amide bonds. The van der Waals surface area contributed by atoms with Gasteiger partial charge in [-0.2, -0.15) is 0 Å². The van der Waals surface area contributed by atoms with E-state index in [1.54, 1.807) is 40.5 Å². The molecule has 0 saturated heterocycles. The number of fused-ring (bicyclic) bond motifs is 1. The van der Waals surface area contributed by atoms with Crippen LogP contribution in [0.2, 0.25) is 10.0 Å². The van der Waals surface area contributed by atoms with Crippen LogP contribution in [0.15, 0.2) is 53.9 Å². The molecule has 2 heterocycles. The van der Waals surface area contributed by atoms with Crippen LogP contribution in [0.25, 0.3) is 0 Å². The van der Waals surface area contributed by atoms with Crippen LogP contribution < -0.4 is 0 Å². The number of carbonyl (C=O) groups excluding carboxylic acids is 2. The zero-order valence-electron chi connectivity index (χ0n) is 18.2. The summed E-state index contributed by atoms with van der Waals surface area (Å²) in [5.41, 5.74) is 2.27. The van der Waals surface area contributed by atoms with Gasteiger partial charge in [-0.3, -0.25) is 9.59 Å². The monoisotopic (exact) mass is 504 g/mol. The molecule has 0 bridgehead atoms. The van der Waals surface area contributed by atoms with E-state index in [0.29, 0.717) is 17.1 Å². The lowest BCUT2D eigenvalue weighted by Crippen LogP contribution is -2.48. The predicted octanol–water partition coefficient (Wildman–Crippen LogP) is 6.22. The molecular formula is C25H23Cl2FN2O2S. The molecule has 4 nitrogen and oxygen atoms in total. The summed E-state index contributed by atoms with van der Waals surface area (Å²) in [5.74, 6) is -0.775. The molecule has 3 aromatic rings. The zero-order chi connectivity index (χ0) is 23.7. The van der Waals surface area contributed by atoms with Gasteiger partial charge in [0, 0.05) is 23.0 Å². The Balaban J connectivity index is 1.62. The molecule has 1 unspecified atom stereocenters. The van der Waals surface area contributed by atoms with E-state index in [4.69, 9.17) is 23.2 Å². The first-order valence-corrected chi connectivity index (χ1v) is 12.3. The lowest BCUT2D eigenvalue weighted by Gasteiger charge is -2.38. The number of thiophene rings is 1. The highest BCUT2D eigenvalue weighted by Crippen LogP contribution is 2.38. The summed E-state index contributed by atoms with van der Waals surface area (Å²) < 4.78 is 13.6. The van der Waals surface area contributed by atoms with Crippen molar-refractivity contribution in [2.45, 2.75) is 32.4 Å². The van der Waals surface area contributed by atoms with E-state index >= 15 is 0 Å². The summed E-state index contributed by atoms with van der Waals surface area (Å²) in [4.78, 5) is 31.3. The van der Waals surface area contributed by atoms with Crippen molar-refractivity contribution in [1.29, 1.82) is 0 Å². The lowest BCUT2D eigenvalue weighted by atomic mass is 9.93. The number of amides is 2. The first-order valence-electron chi connectivity index (χ1n) is 10.6. The minimum Gasteiger partial charge on any atom is -0.330 e. The maximum Gasteiger partial charge on any atom is 0.254 e. The van der Waals surface area contributed by atoms with Gasteiger partial charge >= 0.3 is 0 Å². The Morgan fingerprint density at radius 3 is 2.52 bits per heavy atom. The number of carbonyl (C=O) groups is 2. The van der Waals surface area contributed by atoms with Crippen molar-refractivity contribution in [1.82, 2.24) is 9.80 Å². The van der Waals surface area contributed by atoms with E-state index < -0.39 is 0 Å². The Morgan fingerprint density at radius 1 is 1.12 bits per heavy atom. The summed E-state index contributed by atoms with van der Waals surface area (Å²) in [5, 5.41) is 2.67. The second-order valence-electron chi connectivity index (χ2n) is 8.25. The molecule has 0 spiro atoms. The van der Waals surface area contributed by atoms with Crippen LogP contribution >= 0.6 is 34.5 Å². The van der Waals surface area contributed by atoms with Crippen LogP contribution in [0.4, 0.5) is 4.39 Å². The van der Waals surface area contributed by atoms with Crippen molar-refractivity contribution >= 4 is 46.4 Å². The maximum absolute atomic E-state index is 13.6. The molecule has 0 N–H and O–H groups in total. The Labute approximate surface area is 206 Å². The Hall–Kier alpha value is -2.41. The summed E-state index contributed by atoms with van der Waals surface area (Å²) in [6.07, 6.45) is 0.749. The van der Waals surface area contributed by atoms with Gasteiger partial charge in [-0.15, -0.1) is 11.3 Å². The van der Waals surface area contributed by atoms with Gasteiger partial charge in [-0.25, -0.2) is 4.39 Å². The Kier molecular flexibility index (Phi) is 7.07. The van der Waals surface area contributed by atoms with Crippen molar-refractivity contribution < 1.29 is 14.0 Å². The largest absolute Gasteiger partial charge is 0.330 e. The van der Waals surface area contributed by atoms with Crippen LogP contribution in [0.3, 0.4) is 0 Å². The third-order valence-electron chi connectivity index (χ3n) is 5.83. The second-order valence-corrected chi connectivity index (χ2v) is 10.1. The van der Waals surface area contributed by atoms with Gasteiger partial charge in [0.1, 0.15) is 12.4 Å². The van der Waals surface area contributed by atoms with E-state index in [-0.39, 0.29) is 41.3 Å². The molecule has 0 fully saturated rings. The fourth-order valence-corrected chi connectivity index (χ4v) is 5.31. The average molecular weight is 505 g/mol. The summed E-state index contributed by atoms with van der Waals surface area (Å²) in [6.45, 7) is 4.19. The molecule has 1 aromatic heterocycles. The lowest BCUT2D eigenvalue weighted by molar-refractivity contribution is -0.134. The van der Waals surface area contributed by atoms with E-state index in [0.717, 1.165) is 17.5 Å². The normalized spacial score (nSPS) is 15.5. The van der Waals surface area contributed by atoms with Crippen LogP contribution in [0, 0.1) is 5.82 Å². The van der Waals surface area contributed by atoms with Gasteiger partial charge in [0.05, 0.1) is 16.1 Å². The molecule has 1 atom stereocenters. The van der Waals surface area contributed by atoms with Crippen LogP contribution in [0.1, 0.15) is 46.3 Å². The molecule has 4 rings (SSSR count). The van der Waals surface area contributed by atoms with Crippen molar-refractivity contribution in [3.05, 3.63) is 91.3 Å². The number of hydrogen-bond acceptors (Lipinski definition) is 3. The number of rotatable bonds is 5. The quantitative estimate of drug-likeness (QED) is 0.413. The standard InChI is InChI=1S/C25H23Cl2FN2O2S/c1-15(2)30(25(32)17-5-8-20(26)21(27)13-17)14-23(31)29-11-9-22-19(10-12-33-22)24(29)16-3-6-18(28)7-4-16/h3-8,10,12-13,15,24H,9,11,14H2,1-2H3. The molecule has 2 aromatic carbocycles. The first-order chi connectivity index (χ1) is 15.8. The summed E-state index contributed by atoms with van der Waals surface area (Å²) in [7, 11) is 0. The highest BCUT2D eigenvalue weighted by Gasteiger charge is 2.34. The van der Waals surface area contributed by atoms with Gasteiger partial charge < -0.3 is 9.80 Å². The maximum atomic E-state index is 13.6. The summed E-state index contributed by atoms with van der Waals surface area (Å²) in [6, 6.07) is 12.5. The minimum atomic E-state index is -0.323. The van der Waals surface area contributed by atoms with E-state index in [1.165, 1.54) is 28.0 Å². The van der Waals surface area contributed by atoms with Gasteiger partial charge in [0.15, 0.2) is 0 Å². The molecule has 0 aliphatic carbocycles. The average Bonchev–Trinajstić information content (AvgIpc) is 3.27. The molecule has 8 heteroatoms. The minimum absolute atomic E-state index is 0.0755. The molecule has 1 aliphatic rings. The van der Waals surface area contributed by atoms with Crippen LogP contribution in [-0.2, 0) is 11.2 Å². The smallest absolute Gasteiger partial charge is 0.254 e. The third kappa shape index (κ3) is 4.93. The number of benzene rings is 2. The van der Waals surface area contributed by atoms with Gasteiger partial charge in [-0.05, 0) is 73.2 Å².